The number of halogens is 14. The maximum atomic E-state index is 15.5. The van der Waals surface area contributed by atoms with Crippen molar-refractivity contribution in [1.29, 1.82) is 0 Å². The van der Waals surface area contributed by atoms with Gasteiger partial charge in [0.05, 0.1) is 16.9 Å². The maximum absolute atomic E-state index is 15.5. The third-order valence-electron chi connectivity index (χ3n) is 6.23. The summed E-state index contributed by atoms with van der Waals surface area (Å²) in [4.78, 5) is 26.5. The molecular weight excluding hydrogens is 747 g/mol. The number of nitrogens with zero attached hydrogens (tertiary/aromatic N) is 1. The third kappa shape index (κ3) is 6.84. The molecule has 0 bridgehead atoms. The average Bonchev–Trinajstić information content (AvgIpc) is 3.24. The van der Waals surface area contributed by atoms with Crippen LogP contribution < -0.4 is 24.4 Å². The van der Waals surface area contributed by atoms with Crippen LogP contribution in [0, 0.1) is 5.82 Å². The lowest BCUT2D eigenvalue weighted by atomic mass is 9.93. The number of benzene rings is 3. The third-order valence-corrected chi connectivity index (χ3v) is 6.86. The summed E-state index contributed by atoms with van der Waals surface area (Å²) < 4.78 is 186. The summed E-state index contributed by atoms with van der Waals surface area (Å²) in [6.07, 6.45) is -23.3. The van der Waals surface area contributed by atoms with Gasteiger partial charge in [-0.15, -0.1) is 22.0 Å². The van der Waals surface area contributed by atoms with Gasteiger partial charge in [-0.3, -0.25) is 9.59 Å². The standard InChI is InChI=1S/C26H12BrF13N2O5/c1-42(21(44)10-5-6-15-16(7-10)47-26(39,40)46-15)14-4-2-3-12(18(14)28)20(43)41-19-13(27)8-11(9-17(19)45-25(36,37)38)22(29,23(30,31)32)24(33,34)35/h2-9H,1H3,(H,41,43). The number of rotatable bonds is 6. The smallest absolute Gasteiger partial charge is 0.404 e. The number of alkyl halides is 12. The van der Waals surface area contributed by atoms with Crippen LogP contribution in [-0.4, -0.2) is 43.9 Å². The zero-order valence-electron chi connectivity index (χ0n) is 22.4. The van der Waals surface area contributed by atoms with E-state index >= 15 is 4.39 Å². The van der Waals surface area contributed by atoms with E-state index in [0.717, 1.165) is 43.4 Å². The average molecular weight is 759 g/mol. The minimum atomic E-state index is -6.73. The minimum Gasteiger partial charge on any atom is -0.404 e. The fourth-order valence-corrected chi connectivity index (χ4v) is 4.66. The van der Waals surface area contributed by atoms with E-state index in [9.17, 15) is 62.3 Å². The molecule has 0 unspecified atom stereocenters. The summed E-state index contributed by atoms with van der Waals surface area (Å²) in [5, 5.41) is 1.64. The van der Waals surface area contributed by atoms with Gasteiger partial charge in [0.1, 0.15) is 0 Å². The second-order valence-electron chi connectivity index (χ2n) is 9.32. The Morgan fingerprint density at radius 1 is 0.872 bits per heavy atom. The Morgan fingerprint density at radius 2 is 1.47 bits per heavy atom. The van der Waals surface area contributed by atoms with Gasteiger partial charge in [0.25, 0.3) is 11.8 Å². The van der Waals surface area contributed by atoms with E-state index in [0.29, 0.717) is 4.90 Å². The fourth-order valence-electron chi connectivity index (χ4n) is 4.12. The van der Waals surface area contributed by atoms with Crippen LogP contribution in [0.15, 0.2) is 53.0 Å². The number of hydrogen-bond donors (Lipinski definition) is 1. The van der Waals surface area contributed by atoms with E-state index in [2.05, 4.69) is 30.1 Å². The molecule has 1 aliphatic rings. The first-order valence-corrected chi connectivity index (χ1v) is 12.9. The Morgan fingerprint density at radius 3 is 2.04 bits per heavy atom. The monoisotopic (exact) mass is 758 g/mol. The highest BCUT2D eigenvalue weighted by Gasteiger charge is 2.73. The summed E-state index contributed by atoms with van der Waals surface area (Å²) in [5.41, 5.74) is -12.0. The Bertz CT molecular complexity index is 1730. The predicted molar refractivity (Wildman–Crippen MR) is 135 cm³/mol. The first-order valence-electron chi connectivity index (χ1n) is 12.1. The van der Waals surface area contributed by atoms with Crippen molar-refractivity contribution in [1.82, 2.24) is 0 Å². The van der Waals surface area contributed by atoms with Crippen molar-refractivity contribution in [3.05, 3.63) is 75.5 Å². The van der Waals surface area contributed by atoms with E-state index in [1.807, 2.05) is 0 Å². The van der Waals surface area contributed by atoms with E-state index in [-0.39, 0.29) is 11.6 Å². The van der Waals surface area contributed by atoms with Crippen molar-refractivity contribution in [2.24, 2.45) is 0 Å². The number of carbonyl (C=O) groups excluding carboxylic acids is 2. The zero-order chi connectivity index (χ0) is 35.5. The van der Waals surface area contributed by atoms with Gasteiger partial charge in [0.2, 0.25) is 0 Å². The predicted octanol–water partition coefficient (Wildman–Crippen LogP) is 8.63. The number of fused-ring (bicyclic) bond motifs is 1. The van der Waals surface area contributed by atoms with Crippen molar-refractivity contribution in [2.75, 3.05) is 17.3 Å². The van der Waals surface area contributed by atoms with Gasteiger partial charge in [0.15, 0.2) is 23.1 Å². The van der Waals surface area contributed by atoms with Gasteiger partial charge < -0.3 is 24.4 Å². The highest BCUT2D eigenvalue weighted by atomic mass is 79.9. The van der Waals surface area contributed by atoms with Crippen molar-refractivity contribution in [3.8, 4) is 17.2 Å². The molecule has 0 aliphatic carbocycles. The van der Waals surface area contributed by atoms with Crippen molar-refractivity contribution in [2.45, 2.75) is 30.7 Å². The number of hydrogen-bond acceptors (Lipinski definition) is 5. The Balaban J connectivity index is 1.70. The first kappa shape index (κ1) is 35.4. The molecule has 0 atom stereocenters. The second kappa shape index (κ2) is 11.7. The van der Waals surface area contributed by atoms with Crippen LogP contribution in [0.4, 0.5) is 68.5 Å². The number of anilines is 2. The highest BCUT2D eigenvalue weighted by molar-refractivity contribution is 9.10. The van der Waals surface area contributed by atoms with E-state index < -0.39 is 98.6 Å². The van der Waals surface area contributed by atoms with Crippen LogP contribution in [0.5, 0.6) is 17.2 Å². The highest BCUT2D eigenvalue weighted by Crippen LogP contribution is 2.55. The quantitative estimate of drug-likeness (QED) is 0.255. The molecule has 0 radical (unpaired) electrons. The molecule has 3 aromatic carbocycles. The molecule has 47 heavy (non-hydrogen) atoms. The fraction of sp³-hybridized carbons (Fsp3) is 0.231. The second-order valence-corrected chi connectivity index (χ2v) is 10.2. The molecule has 0 saturated carbocycles. The van der Waals surface area contributed by atoms with Crippen LogP contribution >= 0.6 is 15.9 Å². The molecule has 0 aromatic heterocycles. The number of amides is 2. The molecule has 4 rings (SSSR count). The van der Waals surface area contributed by atoms with Crippen molar-refractivity contribution in [3.63, 3.8) is 0 Å². The Hall–Kier alpha value is -4.43. The van der Waals surface area contributed by atoms with Crippen LogP contribution in [-0.2, 0) is 5.67 Å². The lowest BCUT2D eigenvalue weighted by Crippen LogP contribution is -2.50. The summed E-state index contributed by atoms with van der Waals surface area (Å²) in [6, 6.07) is 4.57. The van der Waals surface area contributed by atoms with Crippen LogP contribution in [0.3, 0.4) is 0 Å². The Labute approximate surface area is 260 Å². The van der Waals surface area contributed by atoms with E-state index in [1.165, 1.54) is 0 Å². The topological polar surface area (TPSA) is 77.1 Å². The normalized spacial score (nSPS) is 14.5. The lowest BCUT2D eigenvalue weighted by Gasteiger charge is -2.31. The number of carbonyl (C=O) groups is 2. The summed E-state index contributed by atoms with van der Waals surface area (Å²) in [5.74, 6) is -7.20. The molecule has 1 aliphatic heterocycles. The summed E-state index contributed by atoms with van der Waals surface area (Å²) in [6.45, 7) is 0. The SMILES string of the molecule is CN(C(=O)c1ccc2c(c1)OC(F)(F)O2)c1cccc(C(=O)Nc2c(Br)cc(C(F)(C(F)(F)F)C(F)(F)F)cc2OC(F)(F)F)c1F. The van der Waals surface area contributed by atoms with Gasteiger partial charge in [-0.25, -0.2) is 8.78 Å². The van der Waals surface area contributed by atoms with Crippen LogP contribution in [0.2, 0.25) is 0 Å². The molecular formula is C26H12BrF13N2O5. The molecule has 254 valence electrons. The van der Waals surface area contributed by atoms with Crippen LogP contribution in [0.1, 0.15) is 26.3 Å². The molecule has 2 amide bonds. The zero-order valence-corrected chi connectivity index (χ0v) is 24.0. The van der Waals surface area contributed by atoms with Gasteiger partial charge in [-0.2, -0.15) is 26.3 Å². The summed E-state index contributed by atoms with van der Waals surface area (Å²) >= 11 is 2.39. The molecule has 21 heteroatoms. The van der Waals surface area contributed by atoms with Gasteiger partial charge in [-0.05, 0) is 58.4 Å². The lowest BCUT2D eigenvalue weighted by molar-refractivity contribution is -0.348. The van der Waals surface area contributed by atoms with Crippen molar-refractivity contribution < 1.29 is 80.9 Å². The van der Waals surface area contributed by atoms with Crippen molar-refractivity contribution >= 4 is 39.1 Å². The summed E-state index contributed by atoms with van der Waals surface area (Å²) in [7, 11) is 0.969. The van der Waals surface area contributed by atoms with E-state index in [1.54, 1.807) is 5.32 Å². The number of nitrogens with one attached hydrogen (secondary N) is 1. The molecule has 1 heterocycles. The Kier molecular flexibility index (Phi) is 8.80. The van der Waals surface area contributed by atoms with E-state index in [4.69, 9.17) is 0 Å². The van der Waals surface area contributed by atoms with Gasteiger partial charge in [0, 0.05) is 22.6 Å². The largest absolute Gasteiger partial charge is 0.586 e. The minimum absolute atomic E-state index is 0.222. The first-order chi connectivity index (χ1) is 21.4. The molecule has 0 saturated heterocycles. The molecule has 7 nitrogen and oxygen atoms in total. The molecule has 3 aromatic rings. The number of ether oxygens (including phenoxy) is 3. The molecule has 1 N–H and O–H groups in total. The molecule has 0 spiro atoms. The molecule has 0 fully saturated rings. The van der Waals surface area contributed by atoms with Gasteiger partial charge in [-0.1, -0.05) is 6.07 Å². The maximum Gasteiger partial charge on any atom is 0.586 e. The van der Waals surface area contributed by atoms with Gasteiger partial charge >= 0.3 is 30.7 Å². The van der Waals surface area contributed by atoms with Crippen LogP contribution in [0.25, 0.3) is 0 Å².